The molecule has 0 radical (unpaired) electrons. The zero-order chi connectivity index (χ0) is 10.6. The number of rotatable bonds is 3. The molecule has 0 saturated carbocycles. The highest BCUT2D eigenvalue weighted by atomic mass is 16.5. The highest BCUT2D eigenvalue weighted by Crippen LogP contribution is 2.18. The molecule has 0 spiro atoms. The maximum absolute atomic E-state index is 10.8. The second-order valence-corrected chi connectivity index (χ2v) is 3.20. The molecule has 0 bridgehead atoms. The van der Waals surface area contributed by atoms with Gasteiger partial charge in [-0.25, -0.2) is 0 Å². The van der Waals surface area contributed by atoms with Gasteiger partial charge in [-0.2, -0.15) is 0 Å². The molecule has 1 N–H and O–H groups in total. The first kappa shape index (κ1) is 10.6. The second-order valence-electron chi connectivity index (χ2n) is 3.20. The lowest BCUT2D eigenvalue weighted by Gasteiger charge is -2.13. The van der Waals surface area contributed by atoms with Gasteiger partial charge in [-0.1, -0.05) is 12.1 Å². The fraction of sp³-hybridized carbons (Fsp3) is 0.364. The molecule has 0 saturated heterocycles. The Kier molecular flexibility index (Phi) is 3.51. The van der Waals surface area contributed by atoms with Gasteiger partial charge in [0.25, 0.3) is 0 Å². The molecule has 0 heterocycles. The molecular weight excluding hydrogens is 178 g/mol. The van der Waals surface area contributed by atoms with E-state index in [4.69, 9.17) is 4.74 Å². The van der Waals surface area contributed by atoms with Crippen molar-refractivity contribution in [3.8, 4) is 5.75 Å². The van der Waals surface area contributed by atoms with Crippen molar-refractivity contribution in [2.24, 2.45) is 0 Å². The summed E-state index contributed by atoms with van der Waals surface area (Å²) in [5.74, 6) is 0.778. The molecule has 0 aliphatic rings. The van der Waals surface area contributed by atoms with Crippen molar-refractivity contribution in [3.05, 3.63) is 29.8 Å². The first-order valence-corrected chi connectivity index (χ1v) is 4.54. The van der Waals surface area contributed by atoms with Gasteiger partial charge in [0.2, 0.25) is 5.91 Å². The normalized spacial score (nSPS) is 11.9. The van der Waals surface area contributed by atoms with Crippen LogP contribution in [-0.4, -0.2) is 13.0 Å². The zero-order valence-electron chi connectivity index (χ0n) is 8.70. The summed E-state index contributed by atoms with van der Waals surface area (Å²) in [7, 11) is 1.63. The molecule has 1 rings (SSSR count). The quantitative estimate of drug-likeness (QED) is 0.796. The Labute approximate surface area is 84.1 Å². The van der Waals surface area contributed by atoms with Crippen LogP contribution in [0.2, 0.25) is 0 Å². The van der Waals surface area contributed by atoms with Gasteiger partial charge in [0, 0.05) is 6.92 Å². The molecule has 3 heteroatoms. The van der Waals surface area contributed by atoms with Crippen molar-refractivity contribution in [2.45, 2.75) is 19.9 Å². The first-order chi connectivity index (χ1) is 6.63. The maximum atomic E-state index is 10.8. The number of carbonyl (C=O) groups is 1. The number of carbonyl (C=O) groups excluding carboxylic acids is 1. The predicted molar refractivity (Wildman–Crippen MR) is 55.2 cm³/mol. The Balaban J connectivity index is 2.78. The highest BCUT2D eigenvalue weighted by Gasteiger charge is 2.06. The molecule has 3 nitrogen and oxygen atoms in total. The van der Waals surface area contributed by atoms with E-state index >= 15 is 0 Å². The van der Waals surface area contributed by atoms with Crippen LogP contribution in [0.5, 0.6) is 5.75 Å². The zero-order valence-corrected chi connectivity index (χ0v) is 8.70. The van der Waals surface area contributed by atoms with Crippen LogP contribution in [0.3, 0.4) is 0 Å². The Bertz CT molecular complexity index is 323. The van der Waals surface area contributed by atoms with E-state index in [1.165, 1.54) is 6.92 Å². The van der Waals surface area contributed by atoms with E-state index in [0.717, 1.165) is 11.3 Å². The SMILES string of the molecule is COc1cccc(C(C)NC(C)=O)c1. The lowest BCUT2D eigenvalue weighted by atomic mass is 10.1. The molecule has 14 heavy (non-hydrogen) atoms. The monoisotopic (exact) mass is 193 g/mol. The van der Waals surface area contributed by atoms with Crippen LogP contribution in [0.15, 0.2) is 24.3 Å². The lowest BCUT2D eigenvalue weighted by molar-refractivity contribution is -0.119. The topological polar surface area (TPSA) is 38.3 Å². The van der Waals surface area contributed by atoms with Crippen molar-refractivity contribution in [3.63, 3.8) is 0 Å². The number of benzene rings is 1. The summed E-state index contributed by atoms with van der Waals surface area (Å²) in [6.07, 6.45) is 0. The molecule has 76 valence electrons. The van der Waals surface area contributed by atoms with Gasteiger partial charge >= 0.3 is 0 Å². The number of hydrogen-bond acceptors (Lipinski definition) is 2. The average molecular weight is 193 g/mol. The Hall–Kier alpha value is -1.51. The largest absolute Gasteiger partial charge is 0.497 e. The second kappa shape index (κ2) is 4.65. The third-order valence-electron chi connectivity index (χ3n) is 2.01. The minimum atomic E-state index is -0.0275. The van der Waals surface area contributed by atoms with Gasteiger partial charge in [0.05, 0.1) is 13.2 Å². The number of ether oxygens (including phenoxy) is 1. The van der Waals surface area contributed by atoms with Crippen LogP contribution in [0.4, 0.5) is 0 Å². The smallest absolute Gasteiger partial charge is 0.217 e. The Morgan fingerprint density at radius 3 is 2.79 bits per heavy atom. The summed E-state index contributed by atoms with van der Waals surface area (Å²) < 4.78 is 5.10. The number of hydrogen-bond donors (Lipinski definition) is 1. The first-order valence-electron chi connectivity index (χ1n) is 4.54. The van der Waals surface area contributed by atoms with Crippen molar-refractivity contribution in [1.29, 1.82) is 0 Å². The molecular formula is C11H15NO2. The van der Waals surface area contributed by atoms with Crippen LogP contribution >= 0.6 is 0 Å². The molecule has 1 amide bonds. The van der Waals surface area contributed by atoms with Crippen LogP contribution in [-0.2, 0) is 4.79 Å². The highest BCUT2D eigenvalue weighted by molar-refractivity contribution is 5.73. The summed E-state index contributed by atoms with van der Waals surface area (Å²) in [4.78, 5) is 10.8. The third kappa shape index (κ3) is 2.76. The standard InChI is InChI=1S/C11H15NO2/c1-8(12-9(2)13)10-5-4-6-11(7-10)14-3/h4-8H,1-3H3,(H,12,13). The van der Waals surface area contributed by atoms with Gasteiger partial charge in [-0.05, 0) is 24.6 Å². The Morgan fingerprint density at radius 1 is 1.50 bits per heavy atom. The molecule has 0 fully saturated rings. The van der Waals surface area contributed by atoms with E-state index in [9.17, 15) is 4.79 Å². The minimum Gasteiger partial charge on any atom is -0.497 e. The van der Waals surface area contributed by atoms with E-state index in [-0.39, 0.29) is 11.9 Å². The van der Waals surface area contributed by atoms with Crippen LogP contribution in [0.25, 0.3) is 0 Å². The van der Waals surface area contributed by atoms with Gasteiger partial charge in [0.15, 0.2) is 0 Å². The minimum absolute atomic E-state index is 0.0163. The van der Waals surface area contributed by atoms with E-state index < -0.39 is 0 Å². The van der Waals surface area contributed by atoms with Gasteiger partial charge < -0.3 is 10.1 Å². The van der Waals surface area contributed by atoms with Crippen molar-refractivity contribution < 1.29 is 9.53 Å². The van der Waals surface area contributed by atoms with E-state index in [0.29, 0.717) is 0 Å². The molecule has 0 aliphatic heterocycles. The molecule has 1 aromatic rings. The summed E-state index contributed by atoms with van der Waals surface area (Å²) in [6.45, 7) is 3.45. The molecule has 0 aromatic heterocycles. The summed E-state index contributed by atoms with van der Waals surface area (Å²) in [5, 5.41) is 2.82. The third-order valence-corrected chi connectivity index (χ3v) is 2.01. The fourth-order valence-electron chi connectivity index (χ4n) is 1.30. The van der Waals surface area contributed by atoms with Crippen molar-refractivity contribution in [2.75, 3.05) is 7.11 Å². The predicted octanol–water partition coefficient (Wildman–Crippen LogP) is 1.89. The molecule has 1 atom stereocenters. The molecule has 0 aliphatic carbocycles. The summed E-state index contributed by atoms with van der Waals surface area (Å²) in [6, 6.07) is 7.68. The van der Waals surface area contributed by atoms with Crippen LogP contribution in [0.1, 0.15) is 25.5 Å². The molecule has 1 unspecified atom stereocenters. The summed E-state index contributed by atoms with van der Waals surface area (Å²) in [5.41, 5.74) is 1.04. The number of methoxy groups -OCH3 is 1. The number of amides is 1. The van der Waals surface area contributed by atoms with E-state index in [2.05, 4.69) is 5.32 Å². The summed E-state index contributed by atoms with van der Waals surface area (Å²) >= 11 is 0. The lowest BCUT2D eigenvalue weighted by Crippen LogP contribution is -2.23. The van der Waals surface area contributed by atoms with Crippen molar-refractivity contribution in [1.82, 2.24) is 5.32 Å². The number of nitrogens with one attached hydrogen (secondary N) is 1. The maximum Gasteiger partial charge on any atom is 0.217 e. The Morgan fingerprint density at radius 2 is 2.21 bits per heavy atom. The van der Waals surface area contributed by atoms with Gasteiger partial charge in [0.1, 0.15) is 5.75 Å². The van der Waals surface area contributed by atoms with E-state index in [1.54, 1.807) is 7.11 Å². The van der Waals surface area contributed by atoms with Crippen LogP contribution in [0, 0.1) is 0 Å². The van der Waals surface area contributed by atoms with Crippen molar-refractivity contribution >= 4 is 5.91 Å². The van der Waals surface area contributed by atoms with Gasteiger partial charge in [-0.15, -0.1) is 0 Å². The fourth-order valence-corrected chi connectivity index (χ4v) is 1.30. The van der Waals surface area contributed by atoms with E-state index in [1.807, 2.05) is 31.2 Å². The van der Waals surface area contributed by atoms with Gasteiger partial charge in [-0.3, -0.25) is 4.79 Å². The molecule has 1 aromatic carbocycles. The van der Waals surface area contributed by atoms with Crippen LogP contribution < -0.4 is 10.1 Å². The average Bonchev–Trinajstić information content (AvgIpc) is 2.17.